The highest BCUT2D eigenvalue weighted by molar-refractivity contribution is 5.68. The summed E-state index contributed by atoms with van der Waals surface area (Å²) in [5.41, 5.74) is 3.40. The lowest BCUT2D eigenvalue weighted by Gasteiger charge is -1.99. The molecule has 124 valence electrons. The van der Waals surface area contributed by atoms with Gasteiger partial charge in [-0.2, -0.15) is 5.26 Å². The van der Waals surface area contributed by atoms with Crippen LogP contribution in [0.25, 0.3) is 22.5 Å². The lowest BCUT2D eigenvalue weighted by atomic mass is 10.1. The SMILES string of the molecule is N#Cc1cccc(-c2nc(=O)c3c(-c4ccc(NO)cc4)nc(=O)c2=3)c1. The van der Waals surface area contributed by atoms with Gasteiger partial charge in [-0.15, -0.1) is 0 Å². The Bertz CT molecular complexity index is 1310. The fourth-order valence-corrected chi connectivity index (χ4v) is 2.94. The first-order chi connectivity index (χ1) is 12.6. The number of anilines is 1. The lowest BCUT2D eigenvalue weighted by Crippen LogP contribution is -2.04. The molecular weight excluding hydrogens is 332 g/mol. The van der Waals surface area contributed by atoms with Crippen LogP contribution >= 0.6 is 0 Å². The van der Waals surface area contributed by atoms with Crippen LogP contribution in [0.5, 0.6) is 0 Å². The first kappa shape index (κ1) is 15.6. The summed E-state index contributed by atoms with van der Waals surface area (Å²) < 4.78 is 0. The molecule has 2 aliphatic heterocycles. The molecule has 4 rings (SSSR count). The van der Waals surface area contributed by atoms with Crippen LogP contribution in [-0.2, 0) is 0 Å². The summed E-state index contributed by atoms with van der Waals surface area (Å²) in [6.45, 7) is 0. The summed E-state index contributed by atoms with van der Waals surface area (Å²) >= 11 is 0. The Balaban J connectivity index is 2.00. The molecule has 2 aliphatic rings. The van der Waals surface area contributed by atoms with Crippen LogP contribution in [0.3, 0.4) is 0 Å². The van der Waals surface area contributed by atoms with Crippen LogP contribution in [0.15, 0.2) is 58.1 Å². The Hall–Kier alpha value is -3.89. The van der Waals surface area contributed by atoms with Gasteiger partial charge in [-0.1, -0.05) is 24.3 Å². The standard InChI is InChI=1S/C19H10N4O3/c20-9-10-2-1-3-12(8-10)17-15-14(18(24)22-17)16(21-19(15)25)11-4-6-13(23-26)7-5-11/h1-8,23,26H. The van der Waals surface area contributed by atoms with E-state index in [-0.39, 0.29) is 21.8 Å². The molecule has 2 heterocycles. The molecule has 0 bridgehead atoms. The highest BCUT2D eigenvalue weighted by atomic mass is 16.5. The second-order valence-corrected chi connectivity index (χ2v) is 5.66. The molecule has 0 saturated heterocycles. The highest BCUT2D eigenvalue weighted by Crippen LogP contribution is 2.24. The first-order valence-corrected chi connectivity index (χ1v) is 7.64. The Kier molecular flexibility index (Phi) is 3.53. The van der Waals surface area contributed by atoms with E-state index in [1.807, 2.05) is 11.5 Å². The van der Waals surface area contributed by atoms with Crippen molar-refractivity contribution in [2.45, 2.75) is 0 Å². The van der Waals surface area contributed by atoms with Crippen molar-refractivity contribution in [2.75, 3.05) is 5.48 Å². The molecule has 2 aromatic rings. The van der Waals surface area contributed by atoms with E-state index in [9.17, 15) is 9.59 Å². The molecule has 2 aromatic carbocycles. The molecule has 0 fully saturated rings. The topological polar surface area (TPSA) is 116 Å². The lowest BCUT2D eigenvalue weighted by molar-refractivity contribution is 0.389. The van der Waals surface area contributed by atoms with E-state index in [2.05, 4.69) is 9.97 Å². The third kappa shape index (κ3) is 2.33. The van der Waals surface area contributed by atoms with Gasteiger partial charge >= 0.3 is 0 Å². The van der Waals surface area contributed by atoms with Crippen molar-refractivity contribution >= 4 is 5.69 Å². The summed E-state index contributed by atoms with van der Waals surface area (Å²) in [6.07, 6.45) is 0. The van der Waals surface area contributed by atoms with Gasteiger partial charge in [0.25, 0.3) is 11.1 Å². The predicted octanol–water partition coefficient (Wildman–Crippen LogP) is 1.80. The largest absolute Gasteiger partial charge is 0.291 e. The van der Waals surface area contributed by atoms with Crippen LogP contribution < -0.4 is 16.6 Å². The van der Waals surface area contributed by atoms with Crippen molar-refractivity contribution in [3.63, 3.8) is 0 Å². The van der Waals surface area contributed by atoms with Crippen molar-refractivity contribution in [3.8, 4) is 28.6 Å². The molecule has 0 radical (unpaired) electrons. The van der Waals surface area contributed by atoms with Crippen molar-refractivity contribution in [1.29, 1.82) is 5.26 Å². The first-order valence-electron chi connectivity index (χ1n) is 7.64. The zero-order chi connectivity index (χ0) is 18.3. The third-order valence-electron chi connectivity index (χ3n) is 4.13. The smallest absolute Gasteiger partial charge is 0.280 e. The summed E-state index contributed by atoms with van der Waals surface area (Å²) in [4.78, 5) is 32.9. The second kappa shape index (κ2) is 5.88. The van der Waals surface area contributed by atoms with Gasteiger partial charge in [0.15, 0.2) is 0 Å². The van der Waals surface area contributed by atoms with Gasteiger partial charge in [-0.25, -0.2) is 9.97 Å². The average molecular weight is 342 g/mol. The van der Waals surface area contributed by atoms with Gasteiger partial charge in [0, 0.05) is 11.1 Å². The molecule has 26 heavy (non-hydrogen) atoms. The van der Waals surface area contributed by atoms with Gasteiger partial charge in [0.05, 0.1) is 39.1 Å². The quantitative estimate of drug-likeness (QED) is 0.545. The van der Waals surface area contributed by atoms with Crippen molar-refractivity contribution < 1.29 is 5.21 Å². The zero-order valence-corrected chi connectivity index (χ0v) is 13.2. The number of hydrogen-bond donors (Lipinski definition) is 2. The van der Waals surface area contributed by atoms with Gasteiger partial charge in [-0.3, -0.25) is 20.3 Å². The van der Waals surface area contributed by atoms with E-state index in [1.54, 1.807) is 48.5 Å². The number of nitrogens with one attached hydrogen (secondary N) is 1. The van der Waals surface area contributed by atoms with E-state index >= 15 is 0 Å². The van der Waals surface area contributed by atoms with E-state index in [0.717, 1.165) is 0 Å². The van der Waals surface area contributed by atoms with E-state index in [4.69, 9.17) is 10.5 Å². The summed E-state index contributed by atoms with van der Waals surface area (Å²) in [6, 6.07) is 15.1. The fraction of sp³-hybridized carbons (Fsp3) is 0. The van der Waals surface area contributed by atoms with Gasteiger partial charge in [0.1, 0.15) is 0 Å². The summed E-state index contributed by atoms with van der Waals surface area (Å²) in [5.74, 6) is 0. The molecule has 0 saturated carbocycles. The maximum absolute atomic E-state index is 12.5. The van der Waals surface area contributed by atoms with E-state index in [1.165, 1.54) is 0 Å². The zero-order valence-electron chi connectivity index (χ0n) is 13.2. The van der Waals surface area contributed by atoms with Gasteiger partial charge in [-0.05, 0) is 24.3 Å². The number of nitriles is 1. The van der Waals surface area contributed by atoms with Gasteiger partial charge in [0.2, 0.25) is 0 Å². The fourth-order valence-electron chi connectivity index (χ4n) is 2.94. The maximum Gasteiger partial charge on any atom is 0.280 e. The molecule has 7 nitrogen and oxygen atoms in total. The Labute approximate surface area is 146 Å². The average Bonchev–Trinajstić information content (AvgIpc) is 3.20. The number of benzene rings is 2. The van der Waals surface area contributed by atoms with Crippen LogP contribution in [-0.4, -0.2) is 15.2 Å². The molecule has 7 heteroatoms. The minimum atomic E-state index is -0.536. The van der Waals surface area contributed by atoms with E-state index < -0.39 is 11.1 Å². The van der Waals surface area contributed by atoms with Gasteiger partial charge < -0.3 is 0 Å². The number of aromatic nitrogens is 2. The molecule has 0 amide bonds. The Morgan fingerprint density at radius 1 is 0.885 bits per heavy atom. The number of nitrogens with zero attached hydrogens (tertiary/aromatic N) is 3. The molecule has 0 spiro atoms. The molecule has 0 atom stereocenters. The van der Waals surface area contributed by atoms with Crippen LogP contribution in [0.2, 0.25) is 0 Å². The van der Waals surface area contributed by atoms with Crippen LogP contribution in [0.1, 0.15) is 5.56 Å². The number of rotatable bonds is 3. The third-order valence-corrected chi connectivity index (χ3v) is 4.13. The monoisotopic (exact) mass is 342 g/mol. The van der Waals surface area contributed by atoms with Crippen molar-refractivity contribution in [1.82, 2.24) is 9.97 Å². The summed E-state index contributed by atoms with van der Waals surface area (Å²) in [5, 5.41) is 18.3. The van der Waals surface area contributed by atoms with Crippen LogP contribution in [0, 0.1) is 21.8 Å². The molecule has 2 N–H and O–H groups in total. The maximum atomic E-state index is 12.5. The Morgan fingerprint density at radius 3 is 2.08 bits per heavy atom. The molecule has 0 unspecified atom stereocenters. The molecule has 0 aliphatic carbocycles. The summed E-state index contributed by atoms with van der Waals surface area (Å²) in [7, 11) is 0. The van der Waals surface area contributed by atoms with Crippen molar-refractivity contribution in [2.24, 2.45) is 0 Å². The molecular formula is C19H10N4O3. The Morgan fingerprint density at radius 2 is 1.50 bits per heavy atom. The minimum Gasteiger partial charge on any atom is -0.291 e. The minimum absolute atomic E-state index is 0.157. The second-order valence-electron chi connectivity index (χ2n) is 5.66. The van der Waals surface area contributed by atoms with Crippen LogP contribution in [0.4, 0.5) is 5.69 Å². The van der Waals surface area contributed by atoms with E-state index in [0.29, 0.717) is 22.4 Å². The normalized spacial score (nSPS) is 10.8. The highest BCUT2D eigenvalue weighted by Gasteiger charge is 2.19. The predicted molar refractivity (Wildman–Crippen MR) is 93.2 cm³/mol. The number of hydrogen-bond acceptors (Lipinski definition) is 7. The molecule has 0 aromatic heterocycles. The van der Waals surface area contributed by atoms with Crippen molar-refractivity contribution in [3.05, 3.63) is 85.2 Å².